The Kier molecular flexibility index (Phi) is 4.08. The number of carbonyl (C=O) groups is 2. The number of aliphatic hydroxyl groups excluding tert-OH is 1. The lowest BCUT2D eigenvalue weighted by atomic mass is 9.81. The van der Waals surface area contributed by atoms with Crippen LogP contribution in [0.1, 0.15) is 32.1 Å². The van der Waals surface area contributed by atoms with Crippen LogP contribution in [0.15, 0.2) is 0 Å². The third kappa shape index (κ3) is 2.68. The van der Waals surface area contributed by atoms with Gasteiger partial charge in [0.05, 0.1) is 7.11 Å². The Morgan fingerprint density at radius 1 is 1.33 bits per heavy atom. The van der Waals surface area contributed by atoms with Gasteiger partial charge in [0.1, 0.15) is 12.1 Å². The molecule has 1 fully saturated rings. The number of hydrogen-bond donors (Lipinski definition) is 2. The van der Waals surface area contributed by atoms with Crippen molar-refractivity contribution in [3.63, 3.8) is 0 Å². The number of esters is 1. The minimum absolute atomic E-state index is 0.413. The van der Waals surface area contributed by atoms with E-state index >= 15 is 0 Å². The first-order valence-corrected chi connectivity index (χ1v) is 5.15. The van der Waals surface area contributed by atoms with Crippen LogP contribution in [0.5, 0.6) is 0 Å². The number of carbonyl (C=O) groups excluding carboxylic acids is 2. The van der Waals surface area contributed by atoms with Gasteiger partial charge in [-0.15, -0.1) is 0 Å². The molecule has 5 nitrogen and oxygen atoms in total. The second-order valence-corrected chi connectivity index (χ2v) is 3.84. The topological polar surface area (TPSA) is 75.6 Å². The molecule has 0 unspecified atom stereocenters. The zero-order chi connectivity index (χ0) is 11.3. The van der Waals surface area contributed by atoms with Crippen LogP contribution in [0.3, 0.4) is 0 Å². The first kappa shape index (κ1) is 12.0. The molecule has 0 spiro atoms. The summed E-state index contributed by atoms with van der Waals surface area (Å²) >= 11 is 0. The summed E-state index contributed by atoms with van der Waals surface area (Å²) in [4.78, 5) is 22.8. The highest BCUT2D eigenvalue weighted by molar-refractivity contribution is 5.88. The Bertz CT molecular complexity index is 246. The summed E-state index contributed by atoms with van der Waals surface area (Å²) in [6, 6.07) is 0. The van der Waals surface area contributed by atoms with E-state index in [4.69, 9.17) is 9.84 Å². The molecule has 1 rings (SSSR count). The molecule has 0 saturated heterocycles. The number of nitrogens with one attached hydrogen (secondary N) is 1. The molecular weight excluding hydrogens is 198 g/mol. The molecule has 1 saturated carbocycles. The molecule has 2 N–H and O–H groups in total. The average molecular weight is 215 g/mol. The van der Waals surface area contributed by atoms with E-state index in [1.165, 1.54) is 7.11 Å². The van der Waals surface area contributed by atoms with Crippen molar-refractivity contribution in [3.05, 3.63) is 0 Å². The molecule has 0 heterocycles. The van der Waals surface area contributed by atoms with Crippen molar-refractivity contribution in [2.45, 2.75) is 37.6 Å². The Labute approximate surface area is 88.8 Å². The standard InChI is InChI=1S/C10H17NO4/c1-15-9(14)10(11-8(13)7-12)5-3-2-4-6-10/h12H,2-7H2,1H3,(H,11,13). The van der Waals surface area contributed by atoms with Gasteiger partial charge in [0, 0.05) is 0 Å². The molecule has 0 radical (unpaired) electrons. The lowest BCUT2D eigenvalue weighted by Crippen LogP contribution is -2.56. The largest absolute Gasteiger partial charge is 0.467 e. The van der Waals surface area contributed by atoms with E-state index in [0.717, 1.165) is 19.3 Å². The maximum Gasteiger partial charge on any atom is 0.331 e. The first-order chi connectivity index (χ1) is 7.14. The maximum atomic E-state index is 11.6. The Morgan fingerprint density at radius 3 is 2.40 bits per heavy atom. The second-order valence-electron chi connectivity index (χ2n) is 3.84. The van der Waals surface area contributed by atoms with Gasteiger partial charge in [-0.2, -0.15) is 0 Å². The van der Waals surface area contributed by atoms with Crippen molar-refractivity contribution < 1.29 is 19.4 Å². The monoisotopic (exact) mass is 215 g/mol. The van der Waals surface area contributed by atoms with Gasteiger partial charge < -0.3 is 15.2 Å². The van der Waals surface area contributed by atoms with Crippen molar-refractivity contribution in [3.8, 4) is 0 Å². The molecule has 0 aromatic carbocycles. The molecule has 1 aliphatic rings. The van der Waals surface area contributed by atoms with Crippen LogP contribution in [-0.2, 0) is 14.3 Å². The normalized spacial score (nSPS) is 19.3. The fourth-order valence-electron chi connectivity index (χ4n) is 2.04. The lowest BCUT2D eigenvalue weighted by molar-refractivity contribution is -0.153. The van der Waals surface area contributed by atoms with E-state index in [0.29, 0.717) is 12.8 Å². The number of hydrogen-bond acceptors (Lipinski definition) is 4. The van der Waals surface area contributed by atoms with E-state index in [2.05, 4.69) is 5.32 Å². The predicted octanol–water partition coefficient (Wildman–Crippen LogP) is -0.0292. The molecule has 86 valence electrons. The Morgan fingerprint density at radius 2 is 1.93 bits per heavy atom. The van der Waals surface area contributed by atoms with E-state index in [1.54, 1.807) is 0 Å². The summed E-state index contributed by atoms with van der Waals surface area (Å²) in [6.45, 7) is -0.598. The molecule has 15 heavy (non-hydrogen) atoms. The van der Waals surface area contributed by atoms with E-state index in [9.17, 15) is 9.59 Å². The van der Waals surface area contributed by atoms with Gasteiger partial charge in [-0.25, -0.2) is 4.79 Å². The van der Waals surface area contributed by atoms with Gasteiger partial charge in [-0.3, -0.25) is 4.79 Å². The van der Waals surface area contributed by atoms with Crippen LogP contribution in [0.25, 0.3) is 0 Å². The fraction of sp³-hybridized carbons (Fsp3) is 0.800. The third-order valence-corrected chi connectivity index (χ3v) is 2.81. The van der Waals surface area contributed by atoms with Crippen LogP contribution < -0.4 is 5.32 Å². The van der Waals surface area contributed by atoms with Crippen molar-refractivity contribution >= 4 is 11.9 Å². The molecule has 0 aliphatic heterocycles. The number of methoxy groups -OCH3 is 1. The first-order valence-electron chi connectivity index (χ1n) is 5.15. The zero-order valence-corrected chi connectivity index (χ0v) is 8.91. The van der Waals surface area contributed by atoms with Crippen molar-refractivity contribution in [1.82, 2.24) is 5.32 Å². The summed E-state index contributed by atoms with van der Waals surface area (Å²) < 4.78 is 4.70. The number of ether oxygens (including phenoxy) is 1. The molecule has 1 aliphatic carbocycles. The molecule has 0 atom stereocenters. The van der Waals surface area contributed by atoms with Gasteiger partial charge >= 0.3 is 5.97 Å². The predicted molar refractivity (Wildman–Crippen MR) is 53.1 cm³/mol. The number of rotatable bonds is 3. The Balaban J connectivity index is 2.75. The SMILES string of the molecule is COC(=O)C1(NC(=O)CO)CCCCC1. The molecular formula is C10H17NO4. The highest BCUT2D eigenvalue weighted by Crippen LogP contribution is 2.29. The molecule has 1 amide bonds. The molecule has 0 aromatic heterocycles. The Hall–Kier alpha value is -1.10. The highest BCUT2D eigenvalue weighted by atomic mass is 16.5. The minimum atomic E-state index is -0.910. The molecule has 5 heteroatoms. The summed E-state index contributed by atoms with van der Waals surface area (Å²) in [7, 11) is 1.31. The number of aliphatic hydroxyl groups is 1. The van der Waals surface area contributed by atoms with Crippen LogP contribution in [0.2, 0.25) is 0 Å². The van der Waals surface area contributed by atoms with E-state index in [-0.39, 0.29) is 0 Å². The van der Waals surface area contributed by atoms with Gasteiger partial charge in [-0.1, -0.05) is 19.3 Å². The van der Waals surface area contributed by atoms with Crippen LogP contribution in [0, 0.1) is 0 Å². The third-order valence-electron chi connectivity index (χ3n) is 2.81. The van der Waals surface area contributed by atoms with Crippen molar-refractivity contribution in [2.75, 3.05) is 13.7 Å². The zero-order valence-electron chi connectivity index (χ0n) is 8.91. The number of amides is 1. The van der Waals surface area contributed by atoms with Gasteiger partial charge in [0.25, 0.3) is 0 Å². The fourth-order valence-corrected chi connectivity index (χ4v) is 2.04. The van der Waals surface area contributed by atoms with Gasteiger partial charge in [0.2, 0.25) is 5.91 Å². The maximum absolute atomic E-state index is 11.6. The quantitative estimate of drug-likeness (QED) is 0.648. The summed E-state index contributed by atoms with van der Waals surface area (Å²) in [5.74, 6) is -0.939. The summed E-state index contributed by atoms with van der Waals surface area (Å²) in [5, 5.41) is 11.2. The van der Waals surface area contributed by atoms with E-state index in [1.807, 2.05) is 0 Å². The average Bonchev–Trinajstić information content (AvgIpc) is 2.29. The minimum Gasteiger partial charge on any atom is -0.467 e. The molecule has 0 aromatic rings. The smallest absolute Gasteiger partial charge is 0.331 e. The van der Waals surface area contributed by atoms with E-state index < -0.39 is 24.0 Å². The highest BCUT2D eigenvalue weighted by Gasteiger charge is 2.41. The van der Waals surface area contributed by atoms with Crippen molar-refractivity contribution in [1.29, 1.82) is 0 Å². The van der Waals surface area contributed by atoms with Gasteiger partial charge in [-0.05, 0) is 12.8 Å². The summed E-state index contributed by atoms with van der Waals surface area (Å²) in [6.07, 6.45) is 4.02. The lowest BCUT2D eigenvalue weighted by Gasteiger charge is -2.34. The van der Waals surface area contributed by atoms with Crippen LogP contribution in [0.4, 0.5) is 0 Å². The molecule has 0 bridgehead atoms. The van der Waals surface area contributed by atoms with Crippen molar-refractivity contribution in [2.24, 2.45) is 0 Å². The summed E-state index contributed by atoms with van der Waals surface area (Å²) in [5.41, 5.74) is -0.910. The van der Waals surface area contributed by atoms with Gasteiger partial charge in [0.15, 0.2) is 0 Å². The van der Waals surface area contributed by atoms with Crippen LogP contribution in [-0.4, -0.2) is 36.2 Å². The van der Waals surface area contributed by atoms with Crippen LogP contribution >= 0.6 is 0 Å². The second kappa shape index (κ2) is 5.11.